The number of halogens is 2. The zero-order valence-electron chi connectivity index (χ0n) is 10.8. The van der Waals surface area contributed by atoms with Gasteiger partial charge in [-0.3, -0.25) is 0 Å². The molecular weight excluding hydrogens is 358 g/mol. The zero-order valence-corrected chi connectivity index (χ0v) is 14.0. The molecule has 4 heteroatoms. The first-order valence-electron chi connectivity index (χ1n) is 5.78. The Morgan fingerprint density at radius 3 is 2.39 bits per heavy atom. The van der Waals surface area contributed by atoms with Gasteiger partial charge in [0.15, 0.2) is 0 Å². The van der Waals surface area contributed by atoms with Gasteiger partial charge in [-0.15, -0.1) is 5.92 Å². The molecule has 0 atom stereocenters. The van der Waals surface area contributed by atoms with Crippen LogP contribution >= 0.6 is 31.9 Å². The molecule has 1 aromatic carbocycles. The topological polar surface area (TPSA) is 21.3 Å². The molecule has 0 fully saturated rings. The fourth-order valence-electron chi connectivity index (χ4n) is 1.35. The lowest BCUT2D eigenvalue weighted by Crippen LogP contribution is -2.21. The largest absolute Gasteiger partial charge is 0.479 e. The van der Waals surface area contributed by atoms with Crippen molar-refractivity contribution in [3.05, 3.63) is 26.6 Å². The first-order valence-corrected chi connectivity index (χ1v) is 7.37. The monoisotopic (exact) mass is 373 g/mol. The van der Waals surface area contributed by atoms with E-state index in [1.807, 2.05) is 0 Å². The Morgan fingerprint density at radius 1 is 1.28 bits per heavy atom. The lowest BCUT2D eigenvalue weighted by Gasteiger charge is -2.12. The molecule has 0 unspecified atom stereocenters. The number of benzene rings is 1. The molecule has 98 valence electrons. The summed E-state index contributed by atoms with van der Waals surface area (Å²) >= 11 is 7.05. The van der Waals surface area contributed by atoms with Gasteiger partial charge in [-0.1, -0.05) is 19.8 Å². The van der Waals surface area contributed by atoms with Crippen LogP contribution in [-0.2, 0) is 6.54 Å². The van der Waals surface area contributed by atoms with Crippen molar-refractivity contribution in [2.24, 2.45) is 0 Å². The molecule has 1 N–H and O–H groups in total. The van der Waals surface area contributed by atoms with E-state index in [1.165, 1.54) is 5.56 Å². The SMILES string of the molecule is CC#CCOc1c(Br)cc(CNC(C)C)cc1Br. The summed E-state index contributed by atoms with van der Waals surface area (Å²) in [5.74, 6) is 6.48. The Kier molecular flexibility index (Phi) is 6.77. The molecule has 0 aromatic heterocycles. The molecule has 0 radical (unpaired) electrons. The molecule has 2 nitrogen and oxygen atoms in total. The van der Waals surface area contributed by atoms with Crippen LogP contribution in [0.5, 0.6) is 5.75 Å². The Bertz CT molecular complexity index is 438. The molecular formula is C14H17Br2NO. The van der Waals surface area contributed by atoms with Gasteiger partial charge in [-0.25, -0.2) is 0 Å². The summed E-state index contributed by atoms with van der Waals surface area (Å²) in [4.78, 5) is 0. The first-order chi connectivity index (χ1) is 8.54. The predicted octanol–water partition coefficient (Wildman–Crippen LogP) is 4.11. The maximum absolute atomic E-state index is 5.60. The normalized spacial score (nSPS) is 10.1. The molecule has 0 saturated carbocycles. The van der Waals surface area contributed by atoms with Gasteiger partial charge in [0.1, 0.15) is 12.4 Å². The van der Waals surface area contributed by atoms with Crippen molar-refractivity contribution in [3.63, 3.8) is 0 Å². The van der Waals surface area contributed by atoms with E-state index in [-0.39, 0.29) is 0 Å². The third-order valence-electron chi connectivity index (χ3n) is 2.24. The van der Waals surface area contributed by atoms with Crippen LogP contribution < -0.4 is 10.1 Å². The van der Waals surface area contributed by atoms with Gasteiger partial charge in [-0.05, 0) is 56.5 Å². The van der Waals surface area contributed by atoms with E-state index < -0.39 is 0 Å². The number of ether oxygens (including phenoxy) is 1. The highest BCUT2D eigenvalue weighted by molar-refractivity contribution is 9.11. The Morgan fingerprint density at radius 2 is 1.89 bits per heavy atom. The lowest BCUT2D eigenvalue weighted by molar-refractivity contribution is 0.365. The number of rotatable bonds is 5. The minimum Gasteiger partial charge on any atom is -0.479 e. The molecule has 0 amide bonds. The van der Waals surface area contributed by atoms with Crippen LogP contribution in [0.4, 0.5) is 0 Å². The molecule has 18 heavy (non-hydrogen) atoms. The second-order valence-electron chi connectivity index (χ2n) is 4.14. The summed E-state index contributed by atoms with van der Waals surface area (Å²) in [5.41, 5.74) is 1.20. The Hall–Kier alpha value is -0.500. The minimum atomic E-state index is 0.400. The highest BCUT2D eigenvalue weighted by Crippen LogP contribution is 2.34. The second kappa shape index (κ2) is 7.83. The van der Waals surface area contributed by atoms with Gasteiger partial charge in [0.25, 0.3) is 0 Å². The predicted molar refractivity (Wildman–Crippen MR) is 82.8 cm³/mol. The summed E-state index contributed by atoms with van der Waals surface area (Å²) in [6.45, 7) is 7.30. The molecule has 0 spiro atoms. The first kappa shape index (κ1) is 15.6. The lowest BCUT2D eigenvalue weighted by atomic mass is 10.2. The van der Waals surface area contributed by atoms with Crippen molar-refractivity contribution >= 4 is 31.9 Å². The summed E-state index contributed by atoms with van der Waals surface area (Å²) in [6.07, 6.45) is 0. The van der Waals surface area contributed by atoms with E-state index in [0.717, 1.165) is 21.2 Å². The van der Waals surface area contributed by atoms with Crippen molar-refractivity contribution in [1.82, 2.24) is 5.32 Å². The van der Waals surface area contributed by atoms with Gasteiger partial charge in [0.2, 0.25) is 0 Å². The van der Waals surface area contributed by atoms with Crippen LogP contribution in [0.15, 0.2) is 21.1 Å². The quantitative estimate of drug-likeness (QED) is 0.783. The molecule has 0 heterocycles. The molecule has 0 saturated heterocycles. The minimum absolute atomic E-state index is 0.400. The Balaban J connectivity index is 2.79. The third-order valence-corrected chi connectivity index (χ3v) is 3.42. The van der Waals surface area contributed by atoms with Gasteiger partial charge in [0.05, 0.1) is 8.95 Å². The van der Waals surface area contributed by atoms with Gasteiger partial charge >= 0.3 is 0 Å². The van der Waals surface area contributed by atoms with E-state index in [9.17, 15) is 0 Å². The van der Waals surface area contributed by atoms with Crippen LogP contribution in [0, 0.1) is 11.8 Å². The van der Waals surface area contributed by atoms with Crippen molar-refractivity contribution in [2.45, 2.75) is 33.4 Å². The van der Waals surface area contributed by atoms with Crippen molar-refractivity contribution in [1.29, 1.82) is 0 Å². The third kappa shape index (κ3) is 5.01. The van der Waals surface area contributed by atoms with Gasteiger partial charge < -0.3 is 10.1 Å². The maximum Gasteiger partial charge on any atom is 0.149 e. The van der Waals surface area contributed by atoms with Gasteiger partial charge in [-0.2, -0.15) is 0 Å². The van der Waals surface area contributed by atoms with Crippen LogP contribution in [0.25, 0.3) is 0 Å². The Labute approximate surface area is 126 Å². The summed E-state index contributed by atoms with van der Waals surface area (Å²) in [6, 6.07) is 4.60. The standard InChI is InChI=1S/C14H17Br2NO/c1-4-5-6-18-14-12(15)7-11(8-13(14)16)9-17-10(2)3/h7-8,10,17H,6,9H2,1-3H3. The second-order valence-corrected chi connectivity index (χ2v) is 5.85. The highest BCUT2D eigenvalue weighted by atomic mass is 79.9. The fraction of sp³-hybridized carbons (Fsp3) is 0.429. The summed E-state index contributed by atoms with van der Waals surface area (Å²) < 4.78 is 7.48. The van der Waals surface area contributed by atoms with E-state index in [4.69, 9.17) is 4.74 Å². The van der Waals surface area contributed by atoms with Crippen molar-refractivity contribution in [3.8, 4) is 17.6 Å². The highest BCUT2D eigenvalue weighted by Gasteiger charge is 2.08. The molecule has 1 aromatic rings. The van der Waals surface area contributed by atoms with Crippen LogP contribution in [0.2, 0.25) is 0 Å². The van der Waals surface area contributed by atoms with Crippen molar-refractivity contribution < 1.29 is 4.74 Å². The molecule has 0 aliphatic heterocycles. The summed E-state index contributed by atoms with van der Waals surface area (Å²) in [5, 5.41) is 3.38. The smallest absolute Gasteiger partial charge is 0.149 e. The average molecular weight is 375 g/mol. The zero-order chi connectivity index (χ0) is 13.5. The van der Waals surface area contributed by atoms with Crippen molar-refractivity contribution in [2.75, 3.05) is 6.61 Å². The summed E-state index contributed by atoms with van der Waals surface area (Å²) in [7, 11) is 0. The number of nitrogens with one attached hydrogen (secondary N) is 1. The van der Waals surface area contributed by atoms with E-state index in [2.05, 4.69) is 75.0 Å². The molecule has 0 aliphatic rings. The van der Waals surface area contributed by atoms with E-state index in [1.54, 1.807) is 6.92 Å². The van der Waals surface area contributed by atoms with E-state index >= 15 is 0 Å². The number of hydrogen-bond acceptors (Lipinski definition) is 2. The van der Waals surface area contributed by atoms with E-state index in [0.29, 0.717) is 12.6 Å². The molecule has 0 aliphatic carbocycles. The average Bonchev–Trinajstić information content (AvgIpc) is 2.30. The van der Waals surface area contributed by atoms with Crippen LogP contribution in [-0.4, -0.2) is 12.6 Å². The fourth-order valence-corrected chi connectivity index (χ4v) is 2.86. The maximum atomic E-state index is 5.60. The molecule has 0 bridgehead atoms. The van der Waals surface area contributed by atoms with Crippen LogP contribution in [0.3, 0.4) is 0 Å². The van der Waals surface area contributed by atoms with Crippen LogP contribution in [0.1, 0.15) is 26.3 Å². The van der Waals surface area contributed by atoms with Gasteiger partial charge in [0, 0.05) is 12.6 Å². The number of hydrogen-bond donors (Lipinski definition) is 1. The molecule has 1 rings (SSSR count).